The number of aromatic amines is 1. The second kappa shape index (κ2) is 5.49. The van der Waals surface area contributed by atoms with Crippen molar-refractivity contribution in [2.24, 2.45) is 10.6 Å². The average molecular weight is 343 g/mol. The predicted octanol–water partition coefficient (Wildman–Crippen LogP) is 4.69. The van der Waals surface area contributed by atoms with Crippen LogP contribution in [0.3, 0.4) is 0 Å². The van der Waals surface area contributed by atoms with E-state index in [0.717, 1.165) is 34.6 Å². The van der Waals surface area contributed by atoms with Crippen LogP contribution in [0.4, 0.5) is 0 Å². The summed E-state index contributed by atoms with van der Waals surface area (Å²) in [5, 5.41) is 4.92. The zero-order chi connectivity index (χ0) is 16.9. The molecular weight excluding hydrogens is 324 g/mol. The lowest BCUT2D eigenvalue weighted by atomic mass is 9.76. The lowest BCUT2D eigenvalue weighted by Crippen LogP contribution is -2.26. The summed E-state index contributed by atoms with van der Waals surface area (Å²) in [6.45, 7) is 4.25. The van der Waals surface area contributed by atoms with Gasteiger partial charge in [-0.3, -0.25) is 4.79 Å². The molecule has 2 heterocycles. The van der Waals surface area contributed by atoms with Crippen molar-refractivity contribution >= 4 is 23.1 Å². The van der Waals surface area contributed by atoms with Gasteiger partial charge in [0.05, 0.1) is 11.4 Å². The van der Waals surface area contributed by atoms with E-state index < -0.39 is 0 Å². The number of halogens is 1. The third kappa shape index (κ3) is 2.75. The van der Waals surface area contributed by atoms with Crippen LogP contribution in [0.2, 0.25) is 5.02 Å². The topological polar surface area (TPSA) is 54.4 Å². The zero-order valence-electron chi connectivity index (χ0n) is 13.7. The molecule has 1 aromatic heterocycles. The number of rotatable bonds is 2. The molecule has 0 bridgehead atoms. The first-order chi connectivity index (χ1) is 11.4. The molecule has 0 radical (unpaired) electrons. The fourth-order valence-corrected chi connectivity index (χ4v) is 3.64. The van der Waals surface area contributed by atoms with Gasteiger partial charge in [-0.2, -0.15) is 0 Å². The number of hydrogen-bond acceptors (Lipinski definition) is 3. The molecule has 0 spiro atoms. The smallest absolute Gasteiger partial charge is 0.172 e. The summed E-state index contributed by atoms with van der Waals surface area (Å²) in [4.78, 5) is 21.4. The minimum absolute atomic E-state index is 0.00765. The van der Waals surface area contributed by atoms with Gasteiger partial charge in [-0.05, 0) is 35.6 Å². The zero-order valence-corrected chi connectivity index (χ0v) is 14.5. The van der Waals surface area contributed by atoms with Crippen LogP contribution in [0.25, 0.3) is 0 Å². The second-order valence-electron chi connectivity index (χ2n) is 7.40. The van der Waals surface area contributed by atoms with Gasteiger partial charge in [0, 0.05) is 29.1 Å². The Bertz CT molecular complexity index is 834. The number of oxime groups is 1. The average Bonchev–Trinajstić information content (AvgIpc) is 3.13. The SMILES string of the molecule is CC1(C)CC(=O)c2cc(C3CC(c4ccc(Cl)cc4)=NO3)[nH]c2C1. The van der Waals surface area contributed by atoms with E-state index in [1.54, 1.807) is 0 Å². The number of H-pyrrole nitrogens is 1. The summed E-state index contributed by atoms with van der Waals surface area (Å²) in [7, 11) is 0. The number of fused-ring (bicyclic) bond motifs is 1. The summed E-state index contributed by atoms with van der Waals surface area (Å²) < 4.78 is 0. The molecular formula is C19H19ClN2O2. The Morgan fingerprint density at radius 1 is 1.25 bits per heavy atom. The number of nitrogens with one attached hydrogen (secondary N) is 1. The van der Waals surface area contributed by atoms with E-state index in [1.807, 2.05) is 30.3 Å². The van der Waals surface area contributed by atoms with Crippen LogP contribution in [0, 0.1) is 5.41 Å². The van der Waals surface area contributed by atoms with Crippen molar-refractivity contribution in [3.8, 4) is 0 Å². The summed E-state index contributed by atoms with van der Waals surface area (Å²) in [5.74, 6) is 0.209. The number of aromatic nitrogens is 1. The van der Waals surface area contributed by atoms with Crippen LogP contribution in [0.1, 0.15) is 60.1 Å². The molecule has 0 amide bonds. The van der Waals surface area contributed by atoms with Crippen molar-refractivity contribution in [3.63, 3.8) is 0 Å². The number of ketones is 1. The van der Waals surface area contributed by atoms with Crippen molar-refractivity contribution < 1.29 is 9.63 Å². The number of benzene rings is 1. The molecule has 5 heteroatoms. The second-order valence-corrected chi connectivity index (χ2v) is 7.84. The van der Waals surface area contributed by atoms with Crippen LogP contribution in [0.5, 0.6) is 0 Å². The molecule has 0 saturated carbocycles. The summed E-state index contributed by atoms with van der Waals surface area (Å²) in [6, 6.07) is 9.52. The van der Waals surface area contributed by atoms with Crippen LogP contribution in [-0.2, 0) is 11.3 Å². The molecule has 1 aliphatic carbocycles. The highest BCUT2D eigenvalue weighted by atomic mass is 35.5. The molecule has 4 nitrogen and oxygen atoms in total. The Morgan fingerprint density at radius 2 is 2.00 bits per heavy atom. The van der Waals surface area contributed by atoms with Gasteiger partial charge in [-0.1, -0.05) is 42.7 Å². The molecule has 2 aliphatic rings. The van der Waals surface area contributed by atoms with E-state index in [0.29, 0.717) is 17.9 Å². The molecule has 1 unspecified atom stereocenters. The predicted molar refractivity (Wildman–Crippen MR) is 93.7 cm³/mol. The normalized spacial score (nSPS) is 22.0. The Hall–Kier alpha value is -2.07. The Labute approximate surface area is 145 Å². The molecule has 0 saturated heterocycles. The third-order valence-electron chi connectivity index (χ3n) is 4.71. The lowest BCUT2D eigenvalue weighted by Gasteiger charge is -2.27. The van der Waals surface area contributed by atoms with Crippen molar-refractivity contribution in [1.29, 1.82) is 0 Å². The summed E-state index contributed by atoms with van der Waals surface area (Å²) in [6.07, 6.45) is 1.98. The Kier molecular flexibility index (Phi) is 3.53. The van der Waals surface area contributed by atoms with E-state index in [9.17, 15) is 4.79 Å². The maximum Gasteiger partial charge on any atom is 0.172 e. The fraction of sp³-hybridized carbons (Fsp3) is 0.368. The fourth-order valence-electron chi connectivity index (χ4n) is 3.51. The van der Waals surface area contributed by atoms with Gasteiger partial charge in [-0.15, -0.1) is 0 Å². The molecule has 2 aromatic rings. The molecule has 24 heavy (non-hydrogen) atoms. The third-order valence-corrected chi connectivity index (χ3v) is 4.96. The number of hydrogen-bond donors (Lipinski definition) is 1. The molecule has 1 N–H and O–H groups in total. The van der Waals surface area contributed by atoms with Gasteiger partial charge in [0.1, 0.15) is 0 Å². The molecule has 1 aromatic carbocycles. The van der Waals surface area contributed by atoms with E-state index in [4.69, 9.17) is 16.4 Å². The monoisotopic (exact) mass is 342 g/mol. The molecule has 1 atom stereocenters. The van der Waals surface area contributed by atoms with Crippen molar-refractivity contribution in [1.82, 2.24) is 4.98 Å². The standard InChI is InChI=1S/C19H19ClN2O2/c1-19(2)9-16-13(17(23)10-19)7-15(21-16)18-8-14(22-24-18)11-3-5-12(20)6-4-11/h3-7,18,21H,8-10H2,1-2H3. The Balaban J connectivity index is 1.55. The van der Waals surface area contributed by atoms with Crippen LogP contribution >= 0.6 is 11.6 Å². The highest BCUT2D eigenvalue weighted by Gasteiger charge is 2.34. The van der Waals surface area contributed by atoms with Gasteiger partial charge in [0.15, 0.2) is 11.9 Å². The maximum absolute atomic E-state index is 12.3. The van der Waals surface area contributed by atoms with Crippen LogP contribution in [-0.4, -0.2) is 16.5 Å². The van der Waals surface area contributed by atoms with E-state index in [2.05, 4.69) is 24.0 Å². The lowest BCUT2D eigenvalue weighted by molar-refractivity contribution is 0.0828. The summed E-state index contributed by atoms with van der Waals surface area (Å²) in [5.41, 5.74) is 4.68. The van der Waals surface area contributed by atoms with Gasteiger partial charge in [0.2, 0.25) is 0 Å². The Morgan fingerprint density at radius 3 is 2.75 bits per heavy atom. The first-order valence-corrected chi connectivity index (χ1v) is 8.53. The van der Waals surface area contributed by atoms with E-state index in [1.165, 1.54) is 0 Å². The summed E-state index contributed by atoms with van der Waals surface area (Å²) >= 11 is 5.93. The van der Waals surface area contributed by atoms with Gasteiger partial charge in [0.25, 0.3) is 0 Å². The quantitative estimate of drug-likeness (QED) is 0.860. The van der Waals surface area contributed by atoms with Crippen LogP contribution in [0.15, 0.2) is 35.5 Å². The van der Waals surface area contributed by atoms with Crippen LogP contribution < -0.4 is 0 Å². The first-order valence-electron chi connectivity index (χ1n) is 8.15. The highest BCUT2D eigenvalue weighted by Crippen LogP contribution is 2.37. The van der Waals surface area contributed by atoms with E-state index in [-0.39, 0.29) is 17.3 Å². The number of Topliss-reactive ketones (excluding diaryl/α,β-unsaturated/α-hetero) is 1. The maximum atomic E-state index is 12.3. The molecule has 0 fully saturated rings. The van der Waals surface area contributed by atoms with Gasteiger partial charge >= 0.3 is 0 Å². The van der Waals surface area contributed by atoms with Crippen molar-refractivity contribution in [3.05, 3.63) is 57.9 Å². The molecule has 1 aliphatic heterocycles. The van der Waals surface area contributed by atoms with Gasteiger partial charge < -0.3 is 9.82 Å². The van der Waals surface area contributed by atoms with E-state index >= 15 is 0 Å². The molecule has 124 valence electrons. The van der Waals surface area contributed by atoms with Gasteiger partial charge in [-0.25, -0.2) is 0 Å². The minimum Gasteiger partial charge on any atom is -0.385 e. The first kappa shape index (κ1) is 15.5. The minimum atomic E-state index is -0.169. The molecule has 4 rings (SSSR count). The number of nitrogens with zero attached hydrogens (tertiary/aromatic N) is 1. The number of carbonyl (C=O) groups is 1. The van der Waals surface area contributed by atoms with Crippen molar-refractivity contribution in [2.45, 2.75) is 39.2 Å². The largest absolute Gasteiger partial charge is 0.385 e. The highest BCUT2D eigenvalue weighted by molar-refractivity contribution is 6.30. The number of carbonyl (C=O) groups excluding carboxylic acids is 1. The van der Waals surface area contributed by atoms with Crippen molar-refractivity contribution in [2.75, 3.05) is 0 Å².